The molecule has 0 aromatic rings. The van der Waals surface area contributed by atoms with Crippen LogP contribution in [0.3, 0.4) is 0 Å². The van der Waals surface area contributed by atoms with Crippen LogP contribution in [0.2, 0.25) is 7.96 Å². The molecule has 0 saturated heterocycles. The molecule has 0 aromatic heterocycles. The van der Waals surface area contributed by atoms with E-state index in [0.29, 0.717) is 0 Å². The molecule has 1 heteroatoms. The predicted octanol–water partition coefficient (Wildman–Crippen LogP) is 2.86. The van der Waals surface area contributed by atoms with E-state index in [4.69, 9.17) is 0 Å². The second kappa shape index (κ2) is 8.92. The molecule has 0 N–H and O–H groups in total. The molecule has 0 aliphatic rings. The number of hydrogen-bond donors (Lipinski definition) is 0. The van der Waals surface area contributed by atoms with E-state index in [1.807, 2.05) is 0 Å². The fourth-order valence-electron chi connectivity index (χ4n) is 0.841. The molecule has 0 saturated carbocycles. The van der Waals surface area contributed by atoms with Crippen LogP contribution < -0.4 is 0 Å². The molecule has 9 heavy (non-hydrogen) atoms. The van der Waals surface area contributed by atoms with E-state index in [-0.39, 0.29) is 24.2 Å². The van der Waals surface area contributed by atoms with E-state index in [1.165, 1.54) is 25.7 Å². The Hall–Kier alpha value is 0.922. The van der Waals surface area contributed by atoms with Gasteiger partial charge in [0.2, 0.25) is 0 Å². The van der Waals surface area contributed by atoms with E-state index >= 15 is 0 Å². The Kier molecular flexibility index (Phi) is 9.84. The molecule has 0 spiro atoms. The van der Waals surface area contributed by atoms with Gasteiger partial charge in [0.15, 0.2) is 0 Å². The van der Waals surface area contributed by atoms with Crippen LogP contribution in [0.15, 0.2) is 0 Å². The summed E-state index contributed by atoms with van der Waals surface area (Å²) in [4.78, 5) is 0. The van der Waals surface area contributed by atoms with Gasteiger partial charge in [0.05, 0.1) is 0 Å². The van der Waals surface area contributed by atoms with Crippen molar-refractivity contribution in [3.05, 3.63) is 0 Å². The Balaban J connectivity index is 2.60. The molecule has 0 heterocycles. The zero-order valence-electron chi connectivity index (χ0n) is 6.82. The van der Waals surface area contributed by atoms with Crippen LogP contribution in [-0.2, 0) is 0 Å². The van der Waals surface area contributed by atoms with E-state index in [9.17, 15) is 0 Å². The average Bonchev–Trinajstić information content (AvgIpc) is 1.89. The molecule has 0 amide bonds. The molecular weight excluding hydrogens is 303 g/mol. The molecule has 55 valence electrons. The minimum atomic E-state index is -0.146. The SMILES string of the molecule is CCC[CH2][PbH][CH2]CCC. The molecule has 1 radical (unpaired) electrons. The summed E-state index contributed by atoms with van der Waals surface area (Å²) in [5.41, 5.74) is 0. The van der Waals surface area contributed by atoms with Crippen molar-refractivity contribution in [2.24, 2.45) is 0 Å². The summed E-state index contributed by atoms with van der Waals surface area (Å²) in [6.45, 7) is 4.59. The van der Waals surface area contributed by atoms with Gasteiger partial charge in [-0.2, -0.15) is 0 Å². The monoisotopic (exact) mass is 323 g/mol. The van der Waals surface area contributed by atoms with Crippen LogP contribution in [0.5, 0.6) is 0 Å². The van der Waals surface area contributed by atoms with Crippen LogP contribution in [0.1, 0.15) is 39.5 Å². The first-order valence-corrected chi connectivity index (χ1v) is 10.6. The van der Waals surface area contributed by atoms with Crippen molar-refractivity contribution in [3.8, 4) is 0 Å². The topological polar surface area (TPSA) is 0 Å². The van der Waals surface area contributed by atoms with Crippen molar-refractivity contribution < 1.29 is 0 Å². The fraction of sp³-hybridized carbons (Fsp3) is 1.00. The zero-order valence-corrected chi connectivity index (χ0v) is 11.3. The summed E-state index contributed by atoms with van der Waals surface area (Å²) < 4.78 is 3.33. The van der Waals surface area contributed by atoms with Crippen molar-refractivity contribution in [1.82, 2.24) is 0 Å². The van der Waals surface area contributed by atoms with Crippen molar-refractivity contribution >= 4 is 24.2 Å². The molecule has 0 fully saturated rings. The van der Waals surface area contributed by atoms with Gasteiger partial charge in [-0.15, -0.1) is 0 Å². The van der Waals surface area contributed by atoms with Crippen molar-refractivity contribution in [2.75, 3.05) is 0 Å². The van der Waals surface area contributed by atoms with Crippen molar-refractivity contribution in [1.29, 1.82) is 0 Å². The first-order valence-electron chi connectivity index (χ1n) is 4.23. The van der Waals surface area contributed by atoms with Gasteiger partial charge in [0, 0.05) is 0 Å². The van der Waals surface area contributed by atoms with Crippen molar-refractivity contribution in [3.63, 3.8) is 0 Å². The standard InChI is InChI=1S/2C4H9.Pb.H/c2*1-3-4-2;;/h2*1,3-4H2,2H3;;. The van der Waals surface area contributed by atoms with E-state index in [1.54, 1.807) is 7.96 Å². The average molecular weight is 322 g/mol. The zero-order chi connectivity index (χ0) is 6.95. The minimum absolute atomic E-state index is 0.146. The third-order valence-electron chi connectivity index (χ3n) is 1.52. The van der Waals surface area contributed by atoms with Crippen LogP contribution in [0.4, 0.5) is 0 Å². The second-order valence-corrected chi connectivity index (χ2v) is 9.31. The molecular formula is C8H19Pb. The van der Waals surface area contributed by atoms with E-state index in [0.717, 1.165) is 0 Å². The number of rotatable bonds is 6. The number of hydrogen-bond acceptors (Lipinski definition) is 0. The van der Waals surface area contributed by atoms with Crippen molar-refractivity contribution in [2.45, 2.75) is 47.5 Å². The Morgan fingerprint density at radius 1 is 0.889 bits per heavy atom. The van der Waals surface area contributed by atoms with Crippen LogP contribution in [0.25, 0.3) is 0 Å². The summed E-state index contributed by atoms with van der Waals surface area (Å²) in [6, 6.07) is 0. The fourth-order valence-corrected chi connectivity index (χ4v) is 7.38. The summed E-state index contributed by atoms with van der Waals surface area (Å²) in [5.74, 6) is 0. The van der Waals surface area contributed by atoms with Gasteiger partial charge >= 0.3 is 71.7 Å². The molecule has 0 nitrogen and oxygen atoms in total. The Morgan fingerprint density at radius 2 is 1.33 bits per heavy atom. The molecule has 0 bridgehead atoms. The van der Waals surface area contributed by atoms with Gasteiger partial charge in [0.25, 0.3) is 0 Å². The van der Waals surface area contributed by atoms with E-state index < -0.39 is 0 Å². The molecule has 0 atom stereocenters. The normalized spacial score (nSPS) is 10.0. The van der Waals surface area contributed by atoms with Gasteiger partial charge in [0.1, 0.15) is 0 Å². The van der Waals surface area contributed by atoms with E-state index in [2.05, 4.69) is 13.8 Å². The van der Waals surface area contributed by atoms with Gasteiger partial charge in [-0.3, -0.25) is 0 Å². The van der Waals surface area contributed by atoms with Gasteiger partial charge in [-0.05, 0) is 0 Å². The van der Waals surface area contributed by atoms with Gasteiger partial charge in [-0.1, -0.05) is 0 Å². The Labute approximate surface area is 71.6 Å². The van der Waals surface area contributed by atoms with Crippen LogP contribution in [0, 0.1) is 0 Å². The third-order valence-corrected chi connectivity index (χ3v) is 7.87. The quantitative estimate of drug-likeness (QED) is 0.521. The molecule has 0 aliphatic heterocycles. The molecule has 0 aliphatic carbocycles. The third kappa shape index (κ3) is 8.92. The molecule has 0 unspecified atom stereocenters. The maximum absolute atomic E-state index is 2.30. The maximum atomic E-state index is 2.30. The second-order valence-electron chi connectivity index (χ2n) is 2.57. The number of unbranched alkanes of at least 4 members (excludes halogenated alkanes) is 2. The first-order chi connectivity index (χ1) is 4.41. The Bertz CT molecular complexity index is 37.8. The summed E-state index contributed by atoms with van der Waals surface area (Å²) in [7, 11) is 0. The molecule has 0 rings (SSSR count). The summed E-state index contributed by atoms with van der Waals surface area (Å²) in [6.07, 6.45) is 5.89. The Morgan fingerprint density at radius 3 is 1.67 bits per heavy atom. The van der Waals surface area contributed by atoms with Gasteiger partial charge < -0.3 is 0 Å². The predicted molar refractivity (Wildman–Crippen MR) is 46.6 cm³/mol. The summed E-state index contributed by atoms with van der Waals surface area (Å²) >= 11 is -0.146. The molecule has 0 aromatic carbocycles. The van der Waals surface area contributed by atoms with Gasteiger partial charge in [-0.25, -0.2) is 0 Å². The van der Waals surface area contributed by atoms with Crippen LogP contribution in [-0.4, -0.2) is 24.2 Å². The summed E-state index contributed by atoms with van der Waals surface area (Å²) in [5, 5.41) is 0. The first kappa shape index (κ1) is 9.92. The van der Waals surface area contributed by atoms with Crippen LogP contribution >= 0.6 is 0 Å².